The summed E-state index contributed by atoms with van der Waals surface area (Å²) in [6.07, 6.45) is -0.222. The minimum absolute atomic E-state index is 0.0401. The van der Waals surface area contributed by atoms with Crippen molar-refractivity contribution in [3.8, 4) is 0 Å². The molecule has 0 aromatic carbocycles. The number of unbranched alkanes of at least 4 members (excludes halogenated alkanes) is 3. The van der Waals surface area contributed by atoms with E-state index in [-0.39, 0.29) is 12.8 Å². The summed E-state index contributed by atoms with van der Waals surface area (Å²) < 4.78 is 35.3. The predicted molar refractivity (Wildman–Crippen MR) is 54.7 cm³/mol. The van der Waals surface area contributed by atoms with Gasteiger partial charge in [0.15, 0.2) is 0 Å². The predicted octanol–water partition coefficient (Wildman–Crippen LogP) is 4.05. The van der Waals surface area contributed by atoms with E-state index in [1.807, 2.05) is 0 Å². The van der Waals surface area contributed by atoms with Crippen LogP contribution in [0, 0.1) is 0 Å². The van der Waals surface area contributed by atoms with Gasteiger partial charge in [0.2, 0.25) is 0 Å². The first-order chi connectivity index (χ1) is 6.95. The highest BCUT2D eigenvalue weighted by Gasteiger charge is 2.26. The van der Waals surface area contributed by atoms with Crippen LogP contribution in [0.3, 0.4) is 0 Å². The van der Waals surface area contributed by atoms with Crippen molar-refractivity contribution in [3.05, 3.63) is 0 Å². The van der Waals surface area contributed by atoms with Gasteiger partial charge in [-0.25, -0.2) is 0 Å². The average Bonchev–Trinajstić information content (AvgIpc) is 2.10. The lowest BCUT2D eigenvalue weighted by Crippen LogP contribution is -2.11. The number of hydrogen-bond acceptors (Lipinski definition) is 1. The molecule has 92 valence electrons. The molecule has 0 aliphatic rings. The third-order valence-corrected chi connectivity index (χ3v) is 2.39. The Morgan fingerprint density at radius 2 is 1.60 bits per heavy atom. The highest BCUT2D eigenvalue weighted by atomic mass is 19.4. The maximum Gasteiger partial charge on any atom is 0.389 e. The number of halogens is 3. The Labute approximate surface area is 89.7 Å². The molecule has 1 N–H and O–H groups in total. The maximum absolute atomic E-state index is 11.8. The first-order valence-corrected chi connectivity index (χ1v) is 5.70. The van der Waals surface area contributed by atoms with E-state index in [1.165, 1.54) is 0 Å². The number of alkyl halides is 3. The van der Waals surface area contributed by atoms with E-state index in [0.29, 0.717) is 6.42 Å². The molecule has 1 atom stereocenters. The van der Waals surface area contributed by atoms with Gasteiger partial charge in [0.1, 0.15) is 0 Å². The summed E-state index contributed by atoms with van der Waals surface area (Å²) in [6, 6.07) is 0. The van der Waals surface area contributed by atoms with Crippen LogP contribution in [0.15, 0.2) is 0 Å². The molecule has 0 saturated carbocycles. The zero-order valence-corrected chi connectivity index (χ0v) is 9.32. The van der Waals surface area contributed by atoms with Crippen LogP contribution < -0.4 is 0 Å². The zero-order valence-electron chi connectivity index (χ0n) is 9.32. The smallest absolute Gasteiger partial charge is 0.389 e. The molecule has 1 unspecified atom stereocenters. The standard InChI is InChI=1S/C11H21F3O/c1-2-3-4-5-7-10(15)8-6-9-11(12,13)14/h10,15H,2-9H2,1H3. The summed E-state index contributed by atoms with van der Waals surface area (Å²) in [6.45, 7) is 2.10. The van der Waals surface area contributed by atoms with Crippen molar-refractivity contribution in [3.63, 3.8) is 0 Å². The summed E-state index contributed by atoms with van der Waals surface area (Å²) in [5.74, 6) is 0. The van der Waals surface area contributed by atoms with Crippen LogP contribution >= 0.6 is 0 Å². The van der Waals surface area contributed by atoms with Crippen molar-refractivity contribution in [1.29, 1.82) is 0 Å². The van der Waals surface area contributed by atoms with Gasteiger partial charge in [-0.05, 0) is 19.3 Å². The fourth-order valence-corrected chi connectivity index (χ4v) is 1.49. The van der Waals surface area contributed by atoms with Crippen LogP contribution in [0.25, 0.3) is 0 Å². The molecule has 0 aliphatic carbocycles. The summed E-state index contributed by atoms with van der Waals surface area (Å²) in [5.41, 5.74) is 0. The van der Waals surface area contributed by atoms with Gasteiger partial charge >= 0.3 is 6.18 Å². The third-order valence-electron chi connectivity index (χ3n) is 2.39. The Bertz CT molecular complexity index is 145. The second-order valence-corrected chi connectivity index (χ2v) is 4.01. The molecule has 15 heavy (non-hydrogen) atoms. The molecule has 0 saturated heterocycles. The Hall–Kier alpha value is -0.250. The second-order valence-electron chi connectivity index (χ2n) is 4.01. The largest absolute Gasteiger partial charge is 0.393 e. The second kappa shape index (κ2) is 7.97. The van der Waals surface area contributed by atoms with E-state index < -0.39 is 18.7 Å². The Morgan fingerprint density at radius 3 is 2.13 bits per heavy atom. The van der Waals surface area contributed by atoms with E-state index in [9.17, 15) is 18.3 Å². The van der Waals surface area contributed by atoms with Gasteiger partial charge in [0.05, 0.1) is 6.10 Å². The van der Waals surface area contributed by atoms with Crippen molar-refractivity contribution < 1.29 is 18.3 Å². The first kappa shape index (κ1) is 14.8. The molecule has 0 amide bonds. The van der Waals surface area contributed by atoms with Crippen molar-refractivity contribution >= 4 is 0 Å². The molecule has 0 bridgehead atoms. The summed E-state index contributed by atoms with van der Waals surface area (Å²) in [4.78, 5) is 0. The molecule has 0 aliphatic heterocycles. The molecule has 1 nitrogen and oxygen atoms in total. The molecule has 0 radical (unpaired) electrons. The van der Waals surface area contributed by atoms with Crippen molar-refractivity contribution in [2.75, 3.05) is 0 Å². The van der Waals surface area contributed by atoms with E-state index >= 15 is 0 Å². The number of hydrogen-bond donors (Lipinski definition) is 1. The molecular weight excluding hydrogens is 205 g/mol. The van der Waals surface area contributed by atoms with Crippen molar-refractivity contribution in [1.82, 2.24) is 0 Å². The van der Waals surface area contributed by atoms with Gasteiger partial charge in [-0.2, -0.15) is 13.2 Å². The monoisotopic (exact) mass is 226 g/mol. The van der Waals surface area contributed by atoms with Crippen LogP contribution in [0.5, 0.6) is 0 Å². The van der Waals surface area contributed by atoms with Gasteiger partial charge in [-0.15, -0.1) is 0 Å². The van der Waals surface area contributed by atoms with Gasteiger partial charge in [-0.3, -0.25) is 0 Å². The van der Waals surface area contributed by atoms with Crippen LogP contribution in [-0.4, -0.2) is 17.4 Å². The van der Waals surface area contributed by atoms with Crippen LogP contribution in [0.4, 0.5) is 13.2 Å². The highest BCUT2D eigenvalue weighted by molar-refractivity contribution is 4.59. The molecule has 0 heterocycles. The molecular formula is C11H21F3O. The van der Waals surface area contributed by atoms with Gasteiger partial charge in [0, 0.05) is 6.42 Å². The lowest BCUT2D eigenvalue weighted by Gasteiger charge is -2.11. The number of aliphatic hydroxyl groups is 1. The van der Waals surface area contributed by atoms with Crippen LogP contribution in [0.2, 0.25) is 0 Å². The average molecular weight is 226 g/mol. The molecule has 0 spiro atoms. The zero-order chi connectivity index (χ0) is 11.7. The molecule has 4 heteroatoms. The number of rotatable bonds is 8. The Balaban J connectivity index is 3.29. The lowest BCUT2D eigenvalue weighted by molar-refractivity contribution is -0.136. The third kappa shape index (κ3) is 11.7. The van der Waals surface area contributed by atoms with Gasteiger partial charge < -0.3 is 5.11 Å². The van der Waals surface area contributed by atoms with E-state index in [0.717, 1.165) is 25.7 Å². The first-order valence-electron chi connectivity index (χ1n) is 5.70. The maximum atomic E-state index is 11.8. The fourth-order valence-electron chi connectivity index (χ4n) is 1.49. The molecule has 0 fully saturated rings. The minimum atomic E-state index is -4.08. The minimum Gasteiger partial charge on any atom is -0.393 e. The summed E-state index contributed by atoms with van der Waals surface area (Å²) >= 11 is 0. The fraction of sp³-hybridized carbons (Fsp3) is 1.00. The SMILES string of the molecule is CCCCCCC(O)CCCC(F)(F)F. The Morgan fingerprint density at radius 1 is 1.00 bits per heavy atom. The summed E-state index contributed by atoms with van der Waals surface area (Å²) in [7, 11) is 0. The molecule has 0 aromatic heterocycles. The quantitative estimate of drug-likeness (QED) is 0.619. The van der Waals surface area contributed by atoms with Crippen LogP contribution in [-0.2, 0) is 0 Å². The highest BCUT2D eigenvalue weighted by Crippen LogP contribution is 2.23. The van der Waals surface area contributed by atoms with Crippen LogP contribution in [0.1, 0.15) is 58.3 Å². The van der Waals surface area contributed by atoms with Crippen molar-refractivity contribution in [2.45, 2.75) is 70.6 Å². The number of aliphatic hydroxyl groups excluding tert-OH is 1. The molecule has 0 aromatic rings. The summed E-state index contributed by atoms with van der Waals surface area (Å²) in [5, 5.41) is 9.38. The normalized spacial score (nSPS) is 14.2. The molecule has 0 rings (SSSR count). The van der Waals surface area contributed by atoms with E-state index in [1.54, 1.807) is 0 Å². The van der Waals surface area contributed by atoms with E-state index in [4.69, 9.17) is 0 Å². The van der Waals surface area contributed by atoms with Gasteiger partial charge in [0.25, 0.3) is 0 Å². The lowest BCUT2D eigenvalue weighted by atomic mass is 10.0. The Kier molecular flexibility index (Phi) is 7.83. The van der Waals surface area contributed by atoms with Crippen molar-refractivity contribution in [2.24, 2.45) is 0 Å². The topological polar surface area (TPSA) is 20.2 Å². The van der Waals surface area contributed by atoms with Gasteiger partial charge in [-0.1, -0.05) is 32.6 Å². The van der Waals surface area contributed by atoms with E-state index in [2.05, 4.69) is 6.92 Å².